The van der Waals surface area contributed by atoms with E-state index in [0.29, 0.717) is 12.1 Å². The molecular weight excluding hydrogens is 252 g/mol. The molecule has 1 aromatic heterocycles. The smallest absolute Gasteiger partial charge is 0.251 e. The van der Waals surface area contributed by atoms with Gasteiger partial charge >= 0.3 is 0 Å². The minimum Gasteiger partial charge on any atom is -0.368 e. The molecule has 0 unspecified atom stereocenters. The maximum absolute atomic E-state index is 11.8. The van der Waals surface area contributed by atoms with Crippen LogP contribution in [0.25, 0.3) is 0 Å². The molecule has 1 amide bonds. The highest BCUT2D eigenvalue weighted by atomic mass is 16.1. The maximum atomic E-state index is 11.8. The summed E-state index contributed by atoms with van der Waals surface area (Å²) in [6, 6.07) is 3.51. The van der Waals surface area contributed by atoms with E-state index in [0.717, 1.165) is 18.9 Å². The normalized spacial score (nSPS) is 11.5. The molecule has 2 N–H and O–H groups in total. The van der Waals surface area contributed by atoms with Crippen LogP contribution in [0.2, 0.25) is 0 Å². The Hall–Kier alpha value is -1.62. The summed E-state index contributed by atoms with van der Waals surface area (Å²) in [6.45, 7) is 10.8. The number of aromatic nitrogens is 1. The Balaban J connectivity index is 2.69. The predicted molar refractivity (Wildman–Crippen MR) is 83.1 cm³/mol. The Labute approximate surface area is 121 Å². The topological polar surface area (TPSA) is 57.3 Å². The second-order valence-electron chi connectivity index (χ2n) is 5.47. The van der Waals surface area contributed by atoms with E-state index in [1.54, 1.807) is 18.3 Å². The molecule has 0 saturated carbocycles. The summed E-state index contributed by atoms with van der Waals surface area (Å²) in [4.78, 5) is 18.3. The number of nitrogens with zero attached hydrogens (tertiary/aromatic N) is 2. The molecule has 112 valence electrons. The molecule has 0 radical (unpaired) electrons. The number of amides is 1. The first-order valence-corrected chi connectivity index (χ1v) is 7.10. The van der Waals surface area contributed by atoms with Crippen LogP contribution in [0, 0.1) is 0 Å². The van der Waals surface area contributed by atoms with Crippen molar-refractivity contribution in [2.45, 2.75) is 33.2 Å². The fourth-order valence-corrected chi connectivity index (χ4v) is 1.80. The Morgan fingerprint density at radius 3 is 2.70 bits per heavy atom. The zero-order valence-electron chi connectivity index (χ0n) is 13.2. The lowest BCUT2D eigenvalue weighted by atomic mass is 10.0. The van der Waals surface area contributed by atoms with Gasteiger partial charge in [-0.3, -0.25) is 9.69 Å². The van der Waals surface area contributed by atoms with Crippen LogP contribution < -0.4 is 10.6 Å². The molecule has 1 rings (SSSR count). The largest absolute Gasteiger partial charge is 0.368 e. The van der Waals surface area contributed by atoms with Crippen molar-refractivity contribution < 1.29 is 4.79 Å². The van der Waals surface area contributed by atoms with Gasteiger partial charge in [-0.25, -0.2) is 4.98 Å². The predicted octanol–water partition coefficient (Wildman–Crippen LogP) is 1.97. The van der Waals surface area contributed by atoms with Crippen LogP contribution in [0.15, 0.2) is 18.3 Å². The second-order valence-corrected chi connectivity index (χ2v) is 5.47. The zero-order valence-corrected chi connectivity index (χ0v) is 13.2. The lowest BCUT2D eigenvalue weighted by molar-refractivity contribution is 0.0956. The number of rotatable bonds is 7. The summed E-state index contributed by atoms with van der Waals surface area (Å²) in [5.41, 5.74) is 0.656. The van der Waals surface area contributed by atoms with Crippen LogP contribution in [0.1, 0.15) is 38.1 Å². The van der Waals surface area contributed by atoms with Crippen LogP contribution in [0.3, 0.4) is 0 Å². The third-order valence-corrected chi connectivity index (χ3v) is 3.57. The van der Waals surface area contributed by atoms with E-state index in [-0.39, 0.29) is 11.4 Å². The third-order valence-electron chi connectivity index (χ3n) is 3.57. The fourth-order valence-electron chi connectivity index (χ4n) is 1.80. The van der Waals surface area contributed by atoms with E-state index in [1.165, 1.54) is 0 Å². The number of likely N-dealkylation sites (N-methyl/N-ethyl adjacent to an activating group) is 1. The molecule has 20 heavy (non-hydrogen) atoms. The van der Waals surface area contributed by atoms with Crippen molar-refractivity contribution >= 4 is 11.7 Å². The van der Waals surface area contributed by atoms with Crippen LogP contribution in [-0.2, 0) is 0 Å². The lowest BCUT2D eigenvalue weighted by Crippen LogP contribution is -2.46. The molecule has 0 aliphatic rings. The summed E-state index contributed by atoms with van der Waals surface area (Å²) in [5, 5.41) is 6.09. The molecule has 0 aromatic carbocycles. The molecule has 0 saturated heterocycles. The number of hydrogen-bond donors (Lipinski definition) is 2. The number of nitrogens with one attached hydrogen (secondary N) is 2. The summed E-state index contributed by atoms with van der Waals surface area (Å²) >= 11 is 0. The minimum absolute atomic E-state index is 0.0259. The molecule has 0 bridgehead atoms. The molecule has 1 heterocycles. The van der Waals surface area contributed by atoms with Gasteiger partial charge in [0, 0.05) is 30.4 Å². The standard InChI is InChI=1S/C15H26N4O/c1-6-16-14(20)12-8-9-17-13(10-12)18-11-15(3,4)19(5)7-2/h8-10H,6-7,11H2,1-5H3,(H,16,20)(H,17,18). The van der Waals surface area contributed by atoms with Gasteiger partial charge in [-0.15, -0.1) is 0 Å². The molecule has 1 aromatic rings. The summed E-state index contributed by atoms with van der Waals surface area (Å²) in [5.74, 6) is 0.661. The van der Waals surface area contributed by atoms with Gasteiger partial charge in [-0.05, 0) is 46.5 Å². The highest BCUT2D eigenvalue weighted by Gasteiger charge is 2.22. The Bertz CT molecular complexity index is 445. The molecule has 0 fully saturated rings. The Morgan fingerprint density at radius 1 is 1.40 bits per heavy atom. The van der Waals surface area contributed by atoms with E-state index in [4.69, 9.17) is 0 Å². The average molecular weight is 278 g/mol. The monoisotopic (exact) mass is 278 g/mol. The van der Waals surface area contributed by atoms with Crippen LogP contribution in [0.5, 0.6) is 0 Å². The first-order valence-electron chi connectivity index (χ1n) is 7.10. The van der Waals surface area contributed by atoms with E-state index in [2.05, 4.69) is 48.3 Å². The number of pyridine rings is 1. The third kappa shape index (κ3) is 4.49. The minimum atomic E-state index is -0.0668. The highest BCUT2D eigenvalue weighted by molar-refractivity contribution is 5.94. The number of carbonyl (C=O) groups excluding carboxylic acids is 1. The first kappa shape index (κ1) is 16.4. The van der Waals surface area contributed by atoms with Crippen LogP contribution in [-0.4, -0.2) is 48.0 Å². The molecule has 5 nitrogen and oxygen atoms in total. The fraction of sp³-hybridized carbons (Fsp3) is 0.600. The highest BCUT2D eigenvalue weighted by Crippen LogP contribution is 2.14. The summed E-state index contributed by atoms with van der Waals surface area (Å²) in [7, 11) is 2.10. The number of hydrogen-bond acceptors (Lipinski definition) is 4. The summed E-state index contributed by atoms with van der Waals surface area (Å²) in [6.07, 6.45) is 1.66. The van der Waals surface area contributed by atoms with Gasteiger partial charge in [0.25, 0.3) is 5.91 Å². The van der Waals surface area contributed by atoms with E-state index >= 15 is 0 Å². The van der Waals surface area contributed by atoms with Crippen molar-refractivity contribution in [1.29, 1.82) is 0 Å². The molecule has 0 aliphatic heterocycles. The Kier molecular flexibility index (Phi) is 5.95. The van der Waals surface area contributed by atoms with Crippen molar-refractivity contribution in [3.8, 4) is 0 Å². The van der Waals surface area contributed by atoms with E-state index in [1.807, 2.05) is 6.92 Å². The molecule has 0 aliphatic carbocycles. The van der Waals surface area contributed by atoms with Gasteiger partial charge in [-0.2, -0.15) is 0 Å². The number of carbonyl (C=O) groups is 1. The van der Waals surface area contributed by atoms with Crippen molar-refractivity contribution in [3.05, 3.63) is 23.9 Å². The first-order chi connectivity index (χ1) is 9.40. The Morgan fingerprint density at radius 2 is 2.10 bits per heavy atom. The zero-order chi connectivity index (χ0) is 15.2. The molecular formula is C15H26N4O. The maximum Gasteiger partial charge on any atom is 0.251 e. The van der Waals surface area contributed by atoms with Crippen molar-refractivity contribution in [1.82, 2.24) is 15.2 Å². The molecule has 0 spiro atoms. The van der Waals surface area contributed by atoms with Crippen LogP contribution >= 0.6 is 0 Å². The van der Waals surface area contributed by atoms with Crippen molar-refractivity contribution in [3.63, 3.8) is 0 Å². The number of anilines is 1. The second kappa shape index (κ2) is 7.24. The van der Waals surface area contributed by atoms with Crippen molar-refractivity contribution in [2.75, 3.05) is 32.0 Å². The van der Waals surface area contributed by atoms with E-state index in [9.17, 15) is 4.79 Å². The quantitative estimate of drug-likeness (QED) is 0.800. The SMILES string of the molecule is CCNC(=O)c1ccnc(NCC(C)(C)N(C)CC)c1. The van der Waals surface area contributed by atoms with Gasteiger partial charge in [0.2, 0.25) is 0 Å². The van der Waals surface area contributed by atoms with E-state index < -0.39 is 0 Å². The molecule has 5 heteroatoms. The van der Waals surface area contributed by atoms with Gasteiger partial charge in [0.05, 0.1) is 0 Å². The van der Waals surface area contributed by atoms with Gasteiger partial charge in [-0.1, -0.05) is 6.92 Å². The van der Waals surface area contributed by atoms with Gasteiger partial charge < -0.3 is 10.6 Å². The lowest BCUT2D eigenvalue weighted by Gasteiger charge is -2.35. The van der Waals surface area contributed by atoms with Gasteiger partial charge in [0.15, 0.2) is 0 Å². The summed E-state index contributed by atoms with van der Waals surface area (Å²) < 4.78 is 0. The van der Waals surface area contributed by atoms with Crippen molar-refractivity contribution in [2.24, 2.45) is 0 Å². The molecule has 0 atom stereocenters. The van der Waals surface area contributed by atoms with Crippen LogP contribution in [0.4, 0.5) is 5.82 Å². The van der Waals surface area contributed by atoms with Gasteiger partial charge in [0.1, 0.15) is 5.82 Å². The average Bonchev–Trinajstić information content (AvgIpc) is 2.45.